The highest BCUT2D eigenvalue weighted by molar-refractivity contribution is 6.46. The molecule has 0 aromatic heterocycles. The van der Waals surface area contributed by atoms with Crippen LogP contribution in [0.3, 0.4) is 0 Å². The second-order valence-corrected chi connectivity index (χ2v) is 9.60. The van der Waals surface area contributed by atoms with Crippen LogP contribution < -0.4 is 4.90 Å². The predicted molar refractivity (Wildman–Crippen MR) is 138 cm³/mol. The summed E-state index contributed by atoms with van der Waals surface area (Å²) in [5.41, 5.74) is 4.41. The lowest BCUT2D eigenvalue weighted by molar-refractivity contribution is -0.140. The molecule has 0 aliphatic carbocycles. The summed E-state index contributed by atoms with van der Waals surface area (Å²) in [6.07, 6.45) is 0.739. The van der Waals surface area contributed by atoms with Crippen LogP contribution in [-0.4, -0.2) is 80.1 Å². The number of nitrogens with zero attached hydrogens (tertiary/aromatic N) is 3. The molecule has 186 valence electrons. The van der Waals surface area contributed by atoms with E-state index < -0.39 is 17.7 Å². The highest BCUT2D eigenvalue weighted by Gasteiger charge is 2.46. The molecular formula is C28H35N3O4. The standard InChI is InChI=1S/C28H35N3O4/c1-19-6-7-20(2)23(18-19)26(32)24-25(21-8-10-22(11-9-21)29(3)4)31(28(34)27(24)33)13-5-12-30-14-16-35-17-15-30/h6-11,18,25,32H,5,12-17H2,1-4H3/b26-24-. The van der Waals surface area contributed by atoms with Crippen molar-refractivity contribution in [2.24, 2.45) is 0 Å². The van der Waals surface area contributed by atoms with Gasteiger partial charge in [-0.2, -0.15) is 0 Å². The maximum atomic E-state index is 13.3. The van der Waals surface area contributed by atoms with Crippen LogP contribution in [0.4, 0.5) is 5.69 Å². The average Bonchev–Trinajstić information content (AvgIpc) is 3.11. The van der Waals surface area contributed by atoms with Crippen LogP contribution in [0, 0.1) is 13.8 Å². The highest BCUT2D eigenvalue weighted by Crippen LogP contribution is 2.40. The zero-order chi connectivity index (χ0) is 25.1. The lowest BCUT2D eigenvalue weighted by Gasteiger charge is -2.29. The molecule has 4 rings (SSSR count). The number of carbonyl (C=O) groups is 2. The number of hydrogen-bond acceptors (Lipinski definition) is 6. The van der Waals surface area contributed by atoms with Gasteiger partial charge in [0.05, 0.1) is 24.8 Å². The van der Waals surface area contributed by atoms with Crippen molar-refractivity contribution in [3.8, 4) is 0 Å². The number of hydrogen-bond donors (Lipinski definition) is 1. The zero-order valence-electron chi connectivity index (χ0n) is 21.1. The number of likely N-dealkylation sites (tertiary alicyclic amines) is 1. The van der Waals surface area contributed by atoms with Crippen LogP contribution in [0.15, 0.2) is 48.0 Å². The van der Waals surface area contributed by atoms with E-state index in [0.717, 1.165) is 61.6 Å². The van der Waals surface area contributed by atoms with Crippen LogP contribution >= 0.6 is 0 Å². The summed E-state index contributed by atoms with van der Waals surface area (Å²) in [5, 5.41) is 11.4. The molecule has 2 aromatic rings. The van der Waals surface area contributed by atoms with Crippen molar-refractivity contribution in [3.05, 3.63) is 70.3 Å². The molecule has 2 saturated heterocycles. The molecule has 0 bridgehead atoms. The van der Waals surface area contributed by atoms with Gasteiger partial charge in [-0.15, -0.1) is 0 Å². The first-order chi connectivity index (χ1) is 16.8. The number of carbonyl (C=O) groups excluding carboxylic acids is 2. The van der Waals surface area contributed by atoms with Crippen molar-refractivity contribution in [1.29, 1.82) is 0 Å². The molecule has 1 amide bonds. The second-order valence-electron chi connectivity index (χ2n) is 9.60. The van der Waals surface area contributed by atoms with Crippen LogP contribution in [-0.2, 0) is 14.3 Å². The number of ether oxygens (including phenoxy) is 1. The lowest BCUT2D eigenvalue weighted by atomic mass is 9.93. The fourth-order valence-electron chi connectivity index (χ4n) is 4.84. The monoisotopic (exact) mass is 477 g/mol. The average molecular weight is 478 g/mol. The first-order valence-corrected chi connectivity index (χ1v) is 12.2. The Balaban J connectivity index is 1.71. The van der Waals surface area contributed by atoms with Crippen LogP contribution in [0.2, 0.25) is 0 Å². The molecule has 0 saturated carbocycles. The number of benzene rings is 2. The molecule has 2 aromatic carbocycles. The molecular weight excluding hydrogens is 442 g/mol. The minimum Gasteiger partial charge on any atom is -0.507 e. The molecule has 2 heterocycles. The van der Waals surface area contributed by atoms with Gasteiger partial charge in [-0.1, -0.05) is 29.8 Å². The fraction of sp³-hybridized carbons (Fsp3) is 0.429. The van der Waals surface area contributed by atoms with Crippen molar-refractivity contribution >= 4 is 23.1 Å². The van der Waals surface area contributed by atoms with Gasteiger partial charge in [0.15, 0.2) is 0 Å². The quantitative estimate of drug-likeness (QED) is 0.374. The Bertz CT molecular complexity index is 1120. The number of aliphatic hydroxyl groups is 1. The Morgan fingerprint density at radius 1 is 1.03 bits per heavy atom. The van der Waals surface area contributed by atoms with E-state index in [9.17, 15) is 14.7 Å². The third-order valence-corrected chi connectivity index (χ3v) is 6.89. The summed E-state index contributed by atoms with van der Waals surface area (Å²) in [6, 6.07) is 13.0. The molecule has 2 fully saturated rings. The minimum absolute atomic E-state index is 0.109. The zero-order valence-corrected chi connectivity index (χ0v) is 21.1. The number of Topliss-reactive ketones (excluding diaryl/α,β-unsaturated/α-hetero) is 1. The van der Waals surface area contributed by atoms with Gasteiger partial charge >= 0.3 is 0 Å². The topological polar surface area (TPSA) is 73.3 Å². The first-order valence-electron chi connectivity index (χ1n) is 12.2. The van der Waals surface area contributed by atoms with E-state index in [0.29, 0.717) is 12.1 Å². The smallest absolute Gasteiger partial charge is 0.295 e. The fourth-order valence-corrected chi connectivity index (χ4v) is 4.84. The molecule has 1 N–H and O–H groups in total. The summed E-state index contributed by atoms with van der Waals surface area (Å²) >= 11 is 0. The number of ketones is 1. The predicted octanol–water partition coefficient (Wildman–Crippen LogP) is 3.51. The van der Waals surface area contributed by atoms with Gasteiger partial charge in [0.1, 0.15) is 5.76 Å². The Morgan fingerprint density at radius 2 is 1.71 bits per heavy atom. The molecule has 2 aliphatic heterocycles. The van der Waals surface area contributed by atoms with Crippen molar-refractivity contribution in [1.82, 2.24) is 9.80 Å². The van der Waals surface area contributed by atoms with E-state index in [-0.39, 0.29) is 11.3 Å². The number of rotatable bonds is 7. The van der Waals surface area contributed by atoms with E-state index in [4.69, 9.17) is 4.74 Å². The highest BCUT2D eigenvalue weighted by atomic mass is 16.5. The van der Waals surface area contributed by atoms with Crippen LogP contribution in [0.1, 0.15) is 34.7 Å². The number of aliphatic hydroxyl groups excluding tert-OH is 1. The molecule has 0 radical (unpaired) electrons. The number of morpholine rings is 1. The molecule has 1 unspecified atom stereocenters. The van der Waals surface area contributed by atoms with Gasteiger partial charge in [0, 0.05) is 51.5 Å². The maximum Gasteiger partial charge on any atom is 0.295 e. The molecule has 2 aliphatic rings. The Morgan fingerprint density at radius 3 is 2.37 bits per heavy atom. The number of anilines is 1. The van der Waals surface area contributed by atoms with Gasteiger partial charge < -0.3 is 19.6 Å². The van der Waals surface area contributed by atoms with Gasteiger partial charge in [0.25, 0.3) is 11.7 Å². The molecule has 7 nitrogen and oxygen atoms in total. The number of aryl methyl sites for hydroxylation is 2. The Hall–Kier alpha value is -3.16. The molecule has 0 spiro atoms. The van der Waals surface area contributed by atoms with Crippen molar-refractivity contribution in [3.63, 3.8) is 0 Å². The molecule has 35 heavy (non-hydrogen) atoms. The summed E-state index contributed by atoms with van der Waals surface area (Å²) in [7, 11) is 3.93. The lowest BCUT2D eigenvalue weighted by Crippen LogP contribution is -2.38. The van der Waals surface area contributed by atoms with E-state index in [1.165, 1.54) is 0 Å². The van der Waals surface area contributed by atoms with E-state index in [1.54, 1.807) is 4.90 Å². The Kier molecular flexibility index (Phi) is 7.57. The normalized spacial score (nSPS) is 20.5. The largest absolute Gasteiger partial charge is 0.507 e. The van der Waals surface area contributed by atoms with Gasteiger partial charge in [0.2, 0.25) is 0 Å². The number of amides is 1. The van der Waals surface area contributed by atoms with Crippen LogP contribution in [0.5, 0.6) is 0 Å². The summed E-state index contributed by atoms with van der Waals surface area (Å²) < 4.78 is 5.42. The SMILES string of the molecule is Cc1ccc(C)c(/C(O)=C2/C(=O)C(=O)N(CCCN3CCOCC3)C2c2ccc(N(C)C)cc2)c1. The van der Waals surface area contributed by atoms with E-state index >= 15 is 0 Å². The Labute approximate surface area is 207 Å². The summed E-state index contributed by atoms with van der Waals surface area (Å²) in [6.45, 7) is 8.30. The maximum absolute atomic E-state index is 13.3. The van der Waals surface area contributed by atoms with Crippen molar-refractivity contribution in [2.75, 3.05) is 58.4 Å². The van der Waals surface area contributed by atoms with Crippen molar-refractivity contribution in [2.45, 2.75) is 26.3 Å². The third kappa shape index (κ3) is 5.26. The van der Waals surface area contributed by atoms with Crippen molar-refractivity contribution < 1.29 is 19.4 Å². The van der Waals surface area contributed by atoms with Gasteiger partial charge in [-0.25, -0.2) is 0 Å². The van der Waals surface area contributed by atoms with E-state index in [2.05, 4.69) is 4.90 Å². The van der Waals surface area contributed by atoms with Gasteiger partial charge in [-0.3, -0.25) is 14.5 Å². The molecule has 1 atom stereocenters. The molecule has 7 heteroatoms. The van der Waals surface area contributed by atoms with Gasteiger partial charge in [-0.05, 0) is 49.6 Å². The first kappa shape index (κ1) is 24.9. The summed E-state index contributed by atoms with van der Waals surface area (Å²) in [5.74, 6) is -1.29. The van der Waals surface area contributed by atoms with Crippen LogP contribution in [0.25, 0.3) is 5.76 Å². The summed E-state index contributed by atoms with van der Waals surface area (Å²) in [4.78, 5) is 32.5. The van der Waals surface area contributed by atoms with E-state index in [1.807, 2.05) is 75.3 Å². The second kappa shape index (κ2) is 10.6. The minimum atomic E-state index is -0.629. The third-order valence-electron chi connectivity index (χ3n) is 6.89.